The van der Waals surface area contributed by atoms with Gasteiger partial charge in [-0.05, 0) is 31.6 Å². The lowest BCUT2D eigenvalue weighted by Crippen LogP contribution is -2.45. The smallest absolute Gasteiger partial charge is 0.388 e. The Labute approximate surface area is 111 Å². The molecule has 0 aliphatic heterocycles. The van der Waals surface area contributed by atoms with Gasteiger partial charge < -0.3 is 10.4 Å². The van der Waals surface area contributed by atoms with Crippen LogP contribution in [0.1, 0.15) is 51.9 Å². The third kappa shape index (κ3) is 6.27. The summed E-state index contributed by atoms with van der Waals surface area (Å²) in [6.45, 7) is 2.16. The quantitative estimate of drug-likeness (QED) is 0.814. The molecule has 0 heterocycles. The maximum Gasteiger partial charge on any atom is 0.389 e. The molecule has 1 aliphatic rings. The fourth-order valence-electron chi connectivity index (χ4n) is 2.41. The van der Waals surface area contributed by atoms with Crippen LogP contribution in [0, 0.1) is 5.92 Å². The Hall–Kier alpha value is -0.780. The van der Waals surface area contributed by atoms with Gasteiger partial charge in [0.25, 0.3) is 0 Å². The lowest BCUT2D eigenvalue weighted by atomic mass is 9.78. The Bertz CT molecular complexity index is 297. The molecule has 0 radical (unpaired) electrons. The molecule has 0 aromatic carbocycles. The summed E-state index contributed by atoms with van der Waals surface area (Å²) in [6.07, 6.45) is -1.90. The number of halogens is 3. The van der Waals surface area contributed by atoms with E-state index in [9.17, 15) is 23.1 Å². The second-order valence-electron chi connectivity index (χ2n) is 5.47. The first-order chi connectivity index (χ1) is 8.74. The van der Waals surface area contributed by atoms with E-state index in [0.29, 0.717) is 18.8 Å². The molecule has 0 bridgehead atoms. The van der Waals surface area contributed by atoms with Gasteiger partial charge in [0.15, 0.2) is 0 Å². The van der Waals surface area contributed by atoms with Crippen LogP contribution in [0.5, 0.6) is 0 Å². The summed E-state index contributed by atoms with van der Waals surface area (Å²) in [4.78, 5) is 11.3. The van der Waals surface area contributed by atoms with E-state index in [-0.39, 0.29) is 6.54 Å². The second kappa shape index (κ2) is 6.59. The standard InChI is InChI=1S/C13H22F3NO2/c1-2-10-3-6-12(19,7-4-10)9-17-11(18)5-8-13(14,15)16/h10,19H,2-9H2,1H3,(H,17,18). The van der Waals surface area contributed by atoms with Crippen molar-refractivity contribution < 1.29 is 23.1 Å². The average molecular weight is 281 g/mol. The molecule has 112 valence electrons. The van der Waals surface area contributed by atoms with Crippen LogP contribution in [0.4, 0.5) is 13.2 Å². The number of alkyl halides is 3. The van der Waals surface area contributed by atoms with Crippen LogP contribution in [0.2, 0.25) is 0 Å². The van der Waals surface area contributed by atoms with Gasteiger partial charge in [-0.15, -0.1) is 0 Å². The highest BCUT2D eigenvalue weighted by atomic mass is 19.4. The molecule has 0 atom stereocenters. The Morgan fingerprint density at radius 2 is 1.95 bits per heavy atom. The molecule has 19 heavy (non-hydrogen) atoms. The molecule has 1 rings (SSSR count). The van der Waals surface area contributed by atoms with Crippen LogP contribution < -0.4 is 5.32 Å². The summed E-state index contributed by atoms with van der Waals surface area (Å²) in [5.41, 5.74) is -0.945. The lowest BCUT2D eigenvalue weighted by molar-refractivity contribution is -0.144. The number of carbonyl (C=O) groups is 1. The van der Waals surface area contributed by atoms with Gasteiger partial charge >= 0.3 is 6.18 Å². The Morgan fingerprint density at radius 3 is 2.42 bits per heavy atom. The molecule has 1 saturated carbocycles. The largest absolute Gasteiger partial charge is 0.389 e. The maximum absolute atomic E-state index is 11.9. The third-order valence-electron chi connectivity index (χ3n) is 3.86. The minimum absolute atomic E-state index is 0.0557. The predicted octanol–water partition coefficient (Wildman–Crippen LogP) is 2.78. The molecular formula is C13H22F3NO2. The van der Waals surface area contributed by atoms with E-state index in [0.717, 1.165) is 19.3 Å². The van der Waals surface area contributed by atoms with Gasteiger partial charge in [0, 0.05) is 13.0 Å². The Kier molecular flexibility index (Phi) is 5.64. The highest BCUT2D eigenvalue weighted by molar-refractivity contribution is 5.75. The van der Waals surface area contributed by atoms with Crippen molar-refractivity contribution in [3.05, 3.63) is 0 Å². The number of amides is 1. The first-order valence-corrected chi connectivity index (χ1v) is 6.80. The van der Waals surface area contributed by atoms with E-state index in [4.69, 9.17) is 0 Å². The highest BCUT2D eigenvalue weighted by Crippen LogP contribution is 2.33. The van der Waals surface area contributed by atoms with E-state index in [1.807, 2.05) is 0 Å². The molecule has 1 aliphatic carbocycles. The van der Waals surface area contributed by atoms with Crippen molar-refractivity contribution in [2.75, 3.05) is 6.54 Å². The first-order valence-electron chi connectivity index (χ1n) is 6.80. The van der Waals surface area contributed by atoms with Crippen molar-refractivity contribution in [3.63, 3.8) is 0 Å². The Morgan fingerprint density at radius 1 is 1.37 bits per heavy atom. The monoisotopic (exact) mass is 281 g/mol. The molecular weight excluding hydrogens is 259 g/mol. The minimum Gasteiger partial charge on any atom is -0.388 e. The van der Waals surface area contributed by atoms with Gasteiger partial charge in [0.05, 0.1) is 12.0 Å². The summed E-state index contributed by atoms with van der Waals surface area (Å²) >= 11 is 0. The number of aliphatic hydroxyl groups is 1. The van der Waals surface area contributed by atoms with E-state index in [1.54, 1.807) is 0 Å². The number of nitrogens with one attached hydrogen (secondary N) is 1. The van der Waals surface area contributed by atoms with E-state index >= 15 is 0 Å². The molecule has 1 amide bonds. The van der Waals surface area contributed by atoms with Gasteiger partial charge in [0.1, 0.15) is 0 Å². The zero-order chi connectivity index (χ0) is 14.5. The highest BCUT2D eigenvalue weighted by Gasteiger charge is 2.33. The molecule has 0 aromatic heterocycles. The van der Waals surface area contributed by atoms with Gasteiger partial charge in [-0.2, -0.15) is 13.2 Å². The minimum atomic E-state index is -4.31. The number of carbonyl (C=O) groups excluding carboxylic acids is 1. The molecule has 0 aromatic rings. The molecule has 6 heteroatoms. The van der Waals surface area contributed by atoms with Crippen LogP contribution in [-0.4, -0.2) is 29.3 Å². The predicted molar refractivity (Wildman–Crippen MR) is 65.5 cm³/mol. The van der Waals surface area contributed by atoms with Crippen molar-refractivity contribution in [1.29, 1.82) is 0 Å². The molecule has 3 nitrogen and oxygen atoms in total. The molecule has 2 N–H and O–H groups in total. The fourth-order valence-corrected chi connectivity index (χ4v) is 2.41. The SMILES string of the molecule is CCC1CCC(O)(CNC(=O)CCC(F)(F)F)CC1. The zero-order valence-electron chi connectivity index (χ0n) is 11.2. The van der Waals surface area contributed by atoms with Crippen LogP contribution in [0.15, 0.2) is 0 Å². The number of rotatable bonds is 5. The van der Waals surface area contributed by atoms with Crippen molar-refractivity contribution in [3.8, 4) is 0 Å². The normalized spacial score (nSPS) is 28.2. The van der Waals surface area contributed by atoms with Gasteiger partial charge in [-0.25, -0.2) is 0 Å². The maximum atomic E-state index is 11.9. The van der Waals surface area contributed by atoms with Crippen LogP contribution >= 0.6 is 0 Å². The van der Waals surface area contributed by atoms with Crippen molar-refractivity contribution in [2.24, 2.45) is 5.92 Å². The lowest BCUT2D eigenvalue weighted by Gasteiger charge is -2.35. The summed E-state index contributed by atoms with van der Waals surface area (Å²) in [7, 11) is 0. The van der Waals surface area contributed by atoms with Gasteiger partial charge in [-0.1, -0.05) is 13.3 Å². The zero-order valence-corrected chi connectivity index (χ0v) is 11.2. The van der Waals surface area contributed by atoms with E-state index in [1.165, 1.54) is 0 Å². The van der Waals surface area contributed by atoms with Crippen molar-refractivity contribution in [1.82, 2.24) is 5.32 Å². The summed E-state index contributed by atoms with van der Waals surface area (Å²) < 4.78 is 35.8. The van der Waals surface area contributed by atoms with Crippen molar-refractivity contribution in [2.45, 2.75) is 63.6 Å². The second-order valence-corrected chi connectivity index (χ2v) is 5.47. The van der Waals surface area contributed by atoms with Crippen LogP contribution in [0.3, 0.4) is 0 Å². The Balaban J connectivity index is 2.26. The third-order valence-corrected chi connectivity index (χ3v) is 3.86. The molecule has 1 fully saturated rings. The first kappa shape index (κ1) is 16.3. The van der Waals surface area contributed by atoms with E-state index in [2.05, 4.69) is 12.2 Å². The fraction of sp³-hybridized carbons (Fsp3) is 0.923. The molecule has 0 spiro atoms. The summed E-state index contributed by atoms with van der Waals surface area (Å²) in [6, 6.07) is 0. The van der Waals surface area contributed by atoms with Gasteiger partial charge in [0.2, 0.25) is 5.91 Å². The van der Waals surface area contributed by atoms with E-state index < -0.39 is 30.5 Å². The van der Waals surface area contributed by atoms with Gasteiger partial charge in [-0.3, -0.25) is 4.79 Å². The van der Waals surface area contributed by atoms with Crippen molar-refractivity contribution >= 4 is 5.91 Å². The van der Waals surface area contributed by atoms with Crippen LogP contribution in [0.25, 0.3) is 0 Å². The molecule has 0 saturated heterocycles. The van der Waals surface area contributed by atoms with Crippen LogP contribution in [-0.2, 0) is 4.79 Å². The topological polar surface area (TPSA) is 49.3 Å². The summed E-state index contributed by atoms with van der Waals surface area (Å²) in [5, 5.41) is 12.6. The summed E-state index contributed by atoms with van der Waals surface area (Å²) in [5.74, 6) is -0.0374. The molecule has 0 unspecified atom stereocenters. The average Bonchev–Trinajstić information content (AvgIpc) is 2.34. The number of hydrogen-bond donors (Lipinski definition) is 2. The number of hydrogen-bond acceptors (Lipinski definition) is 2.